The minimum absolute atomic E-state index is 0.129. The number of aromatic nitrogens is 3. The highest BCUT2D eigenvalue weighted by molar-refractivity contribution is 7.99. The first-order chi connectivity index (χ1) is 17.0. The summed E-state index contributed by atoms with van der Waals surface area (Å²) in [4.78, 5) is 26.5. The van der Waals surface area contributed by atoms with Crippen LogP contribution in [-0.4, -0.2) is 38.8 Å². The van der Waals surface area contributed by atoms with E-state index in [0.29, 0.717) is 15.7 Å². The number of ether oxygens (including phenoxy) is 1. The quantitative estimate of drug-likeness (QED) is 0.202. The molecule has 3 aromatic heterocycles. The molecule has 0 aliphatic heterocycles. The Kier molecular flexibility index (Phi) is 6.59. The van der Waals surface area contributed by atoms with Crippen LogP contribution in [0.4, 0.5) is 5.00 Å². The third-order valence-corrected chi connectivity index (χ3v) is 8.42. The molecule has 3 heterocycles. The Labute approximate surface area is 214 Å². The number of para-hydroxylation sites is 1. The van der Waals surface area contributed by atoms with E-state index in [-0.39, 0.29) is 18.3 Å². The highest BCUT2D eigenvalue weighted by Gasteiger charge is 2.23. The second kappa shape index (κ2) is 9.80. The molecule has 10 heteroatoms. The summed E-state index contributed by atoms with van der Waals surface area (Å²) < 4.78 is 8.39. The van der Waals surface area contributed by atoms with Crippen LogP contribution in [-0.2, 0) is 9.53 Å². The number of nitrogens with zero attached hydrogens (tertiary/aromatic N) is 3. The molecule has 35 heavy (non-hydrogen) atoms. The minimum Gasteiger partial charge on any atom is -0.462 e. The number of thiophene rings is 1. The van der Waals surface area contributed by atoms with Gasteiger partial charge in [0.1, 0.15) is 10.6 Å². The number of carbonyl (C=O) groups excluding carboxylic acids is 2. The lowest BCUT2D eigenvalue weighted by atomic mass is 9.99. The fourth-order valence-electron chi connectivity index (χ4n) is 3.72. The molecule has 0 saturated heterocycles. The van der Waals surface area contributed by atoms with Crippen molar-refractivity contribution < 1.29 is 14.3 Å². The molecular weight excluding hydrogens is 501 g/mol. The molecule has 5 rings (SSSR count). The fraction of sp³-hybridized carbons (Fsp3) is 0.200. The fourth-order valence-corrected chi connectivity index (χ4v) is 6.46. The van der Waals surface area contributed by atoms with Gasteiger partial charge in [-0.05, 0) is 49.6 Å². The first-order valence-corrected chi connectivity index (χ1v) is 13.7. The van der Waals surface area contributed by atoms with Crippen LogP contribution in [0.5, 0.6) is 0 Å². The molecule has 0 spiro atoms. The Hall–Kier alpha value is -3.21. The highest BCUT2D eigenvalue weighted by atomic mass is 32.2. The maximum Gasteiger partial charge on any atom is 0.341 e. The lowest BCUT2D eigenvalue weighted by Crippen LogP contribution is -2.16. The Bertz CT molecular complexity index is 1570. The summed E-state index contributed by atoms with van der Waals surface area (Å²) in [7, 11) is 0. The van der Waals surface area contributed by atoms with Crippen molar-refractivity contribution in [2.75, 3.05) is 17.7 Å². The van der Waals surface area contributed by atoms with E-state index in [1.807, 2.05) is 66.1 Å². The number of hydrogen-bond acceptors (Lipinski definition) is 8. The number of aryl methyl sites for hydroxylation is 2. The molecule has 0 unspecified atom stereocenters. The third kappa shape index (κ3) is 4.56. The van der Waals surface area contributed by atoms with Gasteiger partial charge in [-0.2, -0.15) is 0 Å². The van der Waals surface area contributed by atoms with E-state index in [2.05, 4.69) is 15.5 Å². The third-order valence-electron chi connectivity index (χ3n) is 5.58. The zero-order valence-corrected chi connectivity index (χ0v) is 21.8. The summed E-state index contributed by atoms with van der Waals surface area (Å²) >= 11 is 4.18. The van der Waals surface area contributed by atoms with Gasteiger partial charge in [0.25, 0.3) is 0 Å². The number of hydrogen-bond donors (Lipinski definition) is 1. The summed E-state index contributed by atoms with van der Waals surface area (Å²) in [5.74, 6) is -0.552. The predicted octanol–water partition coefficient (Wildman–Crippen LogP) is 6.20. The molecule has 5 aromatic rings. The highest BCUT2D eigenvalue weighted by Crippen LogP contribution is 2.37. The molecular formula is C25H22N4O3S3. The van der Waals surface area contributed by atoms with Crippen LogP contribution in [0.15, 0.2) is 53.0 Å². The molecule has 0 atom stereocenters. The Morgan fingerprint density at radius 1 is 1.11 bits per heavy atom. The van der Waals surface area contributed by atoms with Crippen LogP contribution in [0.1, 0.15) is 28.4 Å². The molecule has 0 fully saturated rings. The number of carbonyl (C=O) groups is 2. The number of anilines is 1. The van der Waals surface area contributed by atoms with E-state index in [1.165, 1.54) is 28.7 Å². The van der Waals surface area contributed by atoms with Gasteiger partial charge in [0, 0.05) is 10.9 Å². The van der Waals surface area contributed by atoms with Crippen LogP contribution in [0.25, 0.3) is 26.3 Å². The Morgan fingerprint density at radius 3 is 2.74 bits per heavy atom. The van der Waals surface area contributed by atoms with Gasteiger partial charge in [-0.3, -0.25) is 9.20 Å². The van der Waals surface area contributed by atoms with Gasteiger partial charge in [-0.15, -0.1) is 21.5 Å². The second-order valence-electron chi connectivity index (χ2n) is 7.88. The van der Waals surface area contributed by atoms with Gasteiger partial charge in [0.05, 0.1) is 22.6 Å². The summed E-state index contributed by atoms with van der Waals surface area (Å²) in [6, 6.07) is 14.1. The van der Waals surface area contributed by atoms with Gasteiger partial charge in [0.15, 0.2) is 5.16 Å². The van der Waals surface area contributed by atoms with Gasteiger partial charge >= 0.3 is 5.97 Å². The van der Waals surface area contributed by atoms with Crippen molar-refractivity contribution in [3.63, 3.8) is 0 Å². The van der Waals surface area contributed by atoms with E-state index < -0.39 is 5.97 Å². The summed E-state index contributed by atoms with van der Waals surface area (Å²) in [5.41, 5.74) is 5.37. The SMILES string of the molecule is CCOC(=O)c1c(-c2ccc(C)c(C)c2)csc1NC(=O)CSc1nnc2sc3ccccc3n12. The summed E-state index contributed by atoms with van der Waals surface area (Å²) in [6.45, 7) is 6.10. The molecule has 178 valence electrons. The van der Waals surface area contributed by atoms with E-state index in [4.69, 9.17) is 4.74 Å². The molecule has 0 aliphatic rings. The molecule has 0 bridgehead atoms. The van der Waals surface area contributed by atoms with Crippen LogP contribution in [0.3, 0.4) is 0 Å². The number of fused-ring (bicyclic) bond motifs is 3. The van der Waals surface area contributed by atoms with E-state index >= 15 is 0 Å². The molecule has 1 N–H and O–H groups in total. The molecule has 7 nitrogen and oxygen atoms in total. The van der Waals surface area contributed by atoms with Crippen LogP contribution < -0.4 is 5.32 Å². The number of rotatable bonds is 7. The second-order valence-corrected chi connectivity index (χ2v) is 10.7. The average Bonchev–Trinajstić information content (AvgIpc) is 3.53. The first kappa shape index (κ1) is 23.5. The summed E-state index contributed by atoms with van der Waals surface area (Å²) in [6.07, 6.45) is 0. The number of amides is 1. The van der Waals surface area contributed by atoms with E-state index in [9.17, 15) is 9.59 Å². The molecule has 0 saturated carbocycles. The predicted molar refractivity (Wildman–Crippen MR) is 143 cm³/mol. The van der Waals surface area contributed by atoms with Gasteiger partial charge in [-0.1, -0.05) is 53.4 Å². The normalized spacial score (nSPS) is 11.3. The van der Waals surface area contributed by atoms with Crippen molar-refractivity contribution in [3.05, 3.63) is 64.5 Å². The number of thioether (sulfide) groups is 1. The first-order valence-electron chi connectivity index (χ1n) is 11.0. The molecule has 2 aromatic carbocycles. The molecule has 0 radical (unpaired) electrons. The van der Waals surface area contributed by atoms with Crippen molar-refractivity contribution in [2.45, 2.75) is 25.9 Å². The number of thiazole rings is 1. The smallest absolute Gasteiger partial charge is 0.341 e. The molecule has 1 amide bonds. The van der Waals surface area contributed by atoms with Crippen molar-refractivity contribution >= 4 is 66.5 Å². The van der Waals surface area contributed by atoms with Crippen molar-refractivity contribution in [1.82, 2.24) is 14.6 Å². The lowest BCUT2D eigenvalue weighted by molar-refractivity contribution is -0.113. The summed E-state index contributed by atoms with van der Waals surface area (Å²) in [5, 5.41) is 14.4. The number of esters is 1. The zero-order valence-electron chi connectivity index (χ0n) is 19.3. The van der Waals surface area contributed by atoms with Crippen LogP contribution >= 0.6 is 34.4 Å². The van der Waals surface area contributed by atoms with E-state index in [1.54, 1.807) is 18.3 Å². The molecule has 0 aliphatic carbocycles. The van der Waals surface area contributed by atoms with Crippen LogP contribution in [0, 0.1) is 13.8 Å². The van der Waals surface area contributed by atoms with Gasteiger partial charge < -0.3 is 10.1 Å². The topological polar surface area (TPSA) is 85.6 Å². The van der Waals surface area contributed by atoms with Crippen LogP contribution in [0.2, 0.25) is 0 Å². The van der Waals surface area contributed by atoms with E-state index in [0.717, 1.165) is 31.9 Å². The monoisotopic (exact) mass is 522 g/mol. The van der Waals surface area contributed by atoms with Crippen molar-refractivity contribution in [2.24, 2.45) is 0 Å². The van der Waals surface area contributed by atoms with Crippen molar-refractivity contribution in [1.29, 1.82) is 0 Å². The zero-order chi connectivity index (χ0) is 24.5. The maximum absolute atomic E-state index is 12.9. The Balaban J connectivity index is 1.38. The standard InChI is InChI=1S/C25H22N4O3S3/c1-4-32-23(31)21-17(16-10-9-14(2)15(3)11-16)12-33-22(21)26-20(30)13-34-24-27-28-25-29(24)18-7-5-6-8-19(18)35-25/h5-12H,4,13H2,1-3H3,(H,26,30). The largest absolute Gasteiger partial charge is 0.462 e. The maximum atomic E-state index is 12.9. The number of nitrogens with one attached hydrogen (secondary N) is 1. The Morgan fingerprint density at radius 2 is 1.94 bits per heavy atom. The minimum atomic E-state index is -0.450. The number of benzene rings is 2. The van der Waals surface area contributed by atoms with Gasteiger partial charge in [-0.25, -0.2) is 4.79 Å². The van der Waals surface area contributed by atoms with Crippen molar-refractivity contribution in [3.8, 4) is 11.1 Å². The van der Waals surface area contributed by atoms with Gasteiger partial charge in [0.2, 0.25) is 10.9 Å². The lowest BCUT2D eigenvalue weighted by Gasteiger charge is -2.10. The average molecular weight is 523 g/mol.